The number of benzene rings is 2. The first kappa shape index (κ1) is 21.0. The lowest BCUT2D eigenvalue weighted by Crippen LogP contribution is -2.50. The van der Waals surface area contributed by atoms with E-state index in [-0.39, 0.29) is 23.9 Å². The molecule has 1 fully saturated rings. The van der Waals surface area contributed by atoms with Crippen LogP contribution in [-0.2, 0) is 10.0 Å². The van der Waals surface area contributed by atoms with E-state index >= 15 is 0 Å². The third-order valence-corrected chi connectivity index (χ3v) is 7.38. The third kappa shape index (κ3) is 4.50. The number of hydrogen-bond acceptors (Lipinski definition) is 4. The Morgan fingerprint density at radius 3 is 2.34 bits per heavy atom. The number of carbonyl (C=O) groups is 1. The number of nitrogens with zero attached hydrogens (tertiary/aromatic N) is 3. The van der Waals surface area contributed by atoms with Gasteiger partial charge in [0.2, 0.25) is 10.0 Å². The molecule has 0 radical (unpaired) electrons. The molecule has 0 aliphatic carbocycles. The quantitative estimate of drug-likeness (QED) is 0.756. The van der Waals surface area contributed by atoms with Crippen LogP contribution in [0.5, 0.6) is 0 Å². The molecular weight excluding hydrogens is 386 g/mol. The fourth-order valence-corrected chi connectivity index (χ4v) is 4.81. The van der Waals surface area contributed by atoms with E-state index in [1.54, 1.807) is 41.3 Å². The molecule has 2 aromatic rings. The second-order valence-electron chi connectivity index (χ2n) is 7.27. The number of carbonyl (C=O) groups excluding carboxylic acids is 1. The van der Waals surface area contributed by atoms with Crippen LogP contribution in [0.1, 0.15) is 47.7 Å². The maximum Gasteiger partial charge on any atom is 0.253 e. The summed E-state index contributed by atoms with van der Waals surface area (Å²) in [7, 11) is -3.58. The van der Waals surface area contributed by atoms with Crippen molar-refractivity contribution in [1.82, 2.24) is 9.21 Å². The third-order valence-electron chi connectivity index (χ3n) is 5.46. The zero-order valence-corrected chi connectivity index (χ0v) is 17.5. The molecule has 0 bridgehead atoms. The lowest BCUT2D eigenvalue weighted by Gasteiger charge is -2.34. The predicted octanol–water partition coefficient (Wildman–Crippen LogP) is 3.22. The molecule has 7 heteroatoms. The van der Waals surface area contributed by atoms with Gasteiger partial charge in [0.15, 0.2) is 0 Å². The highest BCUT2D eigenvalue weighted by Gasteiger charge is 2.30. The molecule has 152 valence electrons. The maximum atomic E-state index is 13.0. The van der Waals surface area contributed by atoms with Crippen LogP contribution in [0.3, 0.4) is 0 Å². The van der Waals surface area contributed by atoms with Crippen LogP contribution < -0.4 is 0 Å². The van der Waals surface area contributed by atoms with Gasteiger partial charge in [-0.15, -0.1) is 0 Å². The second-order valence-corrected chi connectivity index (χ2v) is 9.21. The van der Waals surface area contributed by atoms with Crippen LogP contribution in [0.2, 0.25) is 0 Å². The number of piperazine rings is 1. The average molecular weight is 412 g/mol. The van der Waals surface area contributed by atoms with Gasteiger partial charge in [-0.3, -0.25) is 4.79 Å². The molecule has 2 aromatic carbocycles. The van der Waals surface area contributed by atoms with E-state index in [1.165, 1.54) is 4.31 Å². The van der Waals surface area contributed by atoms with Crippen molar-refractivity contribution in [2.75, 3.05) is 26.2 Å². The minimum atomic E-state index is -3.58. The van der Waals surface area contributed by atoms with Gasteiger partial charge >= 0.3 is 0 Å². The molecule has 0 saturated carbocycles. The van der Waals surface area contributed by atoms with Crippen molar-refractivity contribution in [3.05, 3.63) is 65.2 Å². The van der Waals surface area contributed by atoms with Crippen molar-refractivity contribution in [3.8, 4) is 6.07 Å². The number of nitriles is 1. The Bertz CT molecular complexity index is 1020. The normalized spacial score (nSPS) is 16.2. The van der Waals surface area contributed by atoms with Gasteiger partial charge in [-0.1, -0.05) is 32.0 Å². The Balaban J connectivity index is 1.68. The molecule has 3 rings (SSSR count). The summed E-state index contributed by atoms with van der Waals surface area (Å²) < 4.78 is 27.3. The first-order chi connectivity index (χ1) is 13.9. The lowest BCUT2D eigenvalue weighted by atomic mass is 9.99. The van der Waals surface area contributed by atoms with Gasteiger partial charge in [-0.25, -0.2) is 8.42 Å². The fourth-order valence-electron chi connectivity index (χ4n) is 3.39. The number of rotatable bonds is 5. The molecule has 0 N–H and O–H groups in total. The van der Waals surface area contributed by atoms with Crippen LogP contribution in [0, 0.1) is 11.3 Å². The molecule has 1 atom stereocenters. The molecule has 1 aliphatic heterocycles. The van der Waals surface area contributed by atoms with E-state index in [0.29, 0.717) is 30.1 Å². The first-order valence-electron chi connectivity index (χ1n) is 9.76. The minimum absolute atomic E-state index is 0.183. The summed E-state index contributed by atoms with van der Waals surface area (Å²) in [5.41, 5.74) is 2.00. The highest BCUT2D eigenvalue weighted by Crippen LogP contribution is 2.23. The summed E-state index contributed by atoms with van der Waals surface area (Å²) in [6.45, 7) is 5.36. The van der Waals surface area contributed by atoms with Crippen molar-refractivity contribution >= 4 is 15.9 Å². The Morgan fingerprint density at radius 1 is 1.10 bits per heavy atom. The Hall–Kier alpha value is -2.69. The lowest BCUT2D eigenvalue weighted by molar-refractivity contribution is 0.0698. The molecule has 1 unspecified atom stereocenters. The van der Waals surface area contributed by atoms with Crippen LogP contribution in [-0.4, -0.2) is 49.7 Å². The van der Waals surface area contributed by atoms with Crippen molar-refractivity contribution in [1.29, 1.82) is 5.26 Å². The number of amides is 1. The molecule has 1 saturated heterocycles. The summed E-state index contributed by atoms with van der Waals surface area (Å²) in [5, 5.41) is 9.00. The van der Waals surface area contributed by atoms with Crippen LogP contribution >= 0.6 is 0 Å². The Labute approximate surface area is 172 Å². The monoisotopic (exact) mass is 411 g/mol. The van der Waals surface area contributed by atoms with E-state index in [9.17, 15) is 13.2 Å². The largest absolute Gasteiger partial charge is 0.336 e. The van der Waals surface area contributed by atoms with Gasteiger partial charge in [0.25, 0.3) is 5.91 Å². The molecule has 1 heterocycles. The number of sulfonamides is 1. The van der Waals surface area contributed by atoms with Gasteiger partial charge < -0.3 is 4.90 Å². The molecular formula is C22H25N3O3S. The van der Waals surface area contributed by atoms with Crippen molar-refractivity contribution < 1.29 is 13.2 Å². The summed E-state index contributed by atoms with van der Waals surface area (Å²) in [4.78, 5) is 14.6. The van der Waals surface area contributed by atoms with Gasteiger partial charge in [0.05, 0.1) is 16.5 Å². The SMILES string of the molecule is CCC(C)c1ccc(S(=O)(=O)N2CCN(C(=O)c3cccc(C#N)c3)CC2)cc1. The minimum Gasteiger partial charge on any atom is -0.336 e. The maximum absolute atomic E-state index is 13.0. The molecule has 0 spiro atoms. The highest BCUT2D eigenvalue weighted by molar-refractivity contribution is 7.89. The zero-order chi connectivity index (χ0) is 21.0. The van der Waals surface area contributed by atoms with Crippen molar-refractivity contribution in [3.63, 3.8) is 0 Å². The van der Waals surface area contributed by atoms with E-state index in [2.05, 4.69) is 13.8 Å². The van der Waals surface area contributed by atoms with Gasteiger partial charge in [-0.2, -0.15) is 9.57 Å². The van der Waals surface area contributed by atoms with E-state index in [1.807, 2.05) is 18.2 Å². The Morgan fingerprint density at radius 2 is 1.76 bits per heavy atom. The van der Waals surface area contributed by atoms with E-state index in [0.717, 1.165) is 12.0 Å². The summed E-state index contributed by atoms with van der Waals surface area (Å²) in [6.07, 6.45) is 0.999. The fraction of sp³-hybridized carbons (Fsp3) is 0.364. The van der Waals surface area contributed by atoms with Crippen molar-refractivity contribution in [2.45, 2.75) is 31.1 Å². The van der Waals surface area contributed by atoms with Crippen LogP contribution in [0.25, 0.3) is 0 Å². The first-order valence-corrected chi connectivity index (χ1v) is 11.2. The van der Waals surface area contributed by atoms with E-state index < -0.39 is 10.0 Å². The van der Waals surface area contributed by atoms with E-state index in [4.69, 9.17) is 5.26 Å². The standard InChI is InChI=1S/C22H25N3O3S/c1-3-17(2)19-7-9-21(10-8-19)29(27,28)25-13-11-24(12-14-25)22(26)20-6-4-5-18(15-20)16-23/h4-10,15,17H,3,11-14H2,1-2H3. The summed E-state index contributed by atoms with van der Waals surface area (Å²) >= 11 is 0. The molecule has 0 aromatic heterocycles. The molecule has 6 nitrogen and oxygen atoms in total. The van der Waals surface area contributed by atoms with Gasteiger partial charge in [0, 0.05) is 31.7 Å². The van der Waals surface area contributed by atoms with Crippen LogP contribution in [0.15, 0.2) is 53.4 Å². The average Bonchev–Trinajstić information content (AvgIpc) is 2.78. The topological polar surface area (TPSA) is 81.5 Å². The summed E-state index contributed by atoms with van der Waals surface area (Å²) in [6, 6.07) is 15.7. The Kier molecular flexibility index (Phi) is 6.36. The van der Waals surface area contributed by atoms with Gasteiger partial charge in [0.1, 0.15) is 0 Å². The van der Waals surface area contributed by atoms with Gasteiger partial charge in [-0.05, 0) is 48.2 Å². The molecule has 29 heavy (non-hydrogen) atoms. The molecule has 1 aliphatic rings. The predicted molar refractivity (Wildman–Crippen MR) is 111 cm³/mol. The molecule has 1 amide bonds. The zero-order valence-electron chi connectivity index (χ0n) is 16.7. The summed E-state index contributed by atoms with van der Waals surface area (Å²) in [5.74, 6) is 0.206. The van der Waals surface area contributed by atoms with Crippen molar-refractivity contribution in [2.24, 2.45) is 0 Å². The van der Waals surface area contributed by atoms with Crippen LogP contribution in [0.4, 0.5) is 0 Å². The second kappa shape index (κ2) is 8.76. The number of hydrogen-bond donors (Lipinski definition) is 0. The smallest absolute Gasteiger partial charge is 0.253 e. The highest BCUT2D eigenvalue weighted by atomic mass is 32.2.